The van der Waals surface area contributed by atoms with E-state index >= 15 is 0 Å². The Bertz CT molecular complexity index is 783. The number of hydrogen-bond acceptors (Lipinski definition) is 5. The Labute approximate surface area is 153 Å². The standard InChI is InChI=1S/C21H26O5/c1-4-21(25)18(24)9-14-12-6-5-11-7-15(22)17(26-3)8-13(11)19(12)16(23)10-20(14,21)2/h1,7-8,12,14,16,18-19,22-25H,5-6,9-10H2,2-3H3. The molecule has 0 amide bonds. The molecule has 7 atom stereocenters. The van der Waals surface area contributed by atoms with E-state index < -0.39 is 23.2 Å². The average Bonchev–Trinajstić information content (AvgIpc) is 2.81. The Morgan fingerprint density at radius 1 is 1.31 bits per heavy atom. The van der Waals surface area contributed by atoms with E-state index in [1.165, 1.54) is 7.11 Å². The third-order valence-electron chi connectivity index (χ3n) is 7.44. The maximum atomic E-state index is 11.0. The van der Waals surface area contributed by atoms with Crippen LogP contribution in [-0.2, 0) is 6.42 Å². The highest BCUT2D eigenvalue weighted by molar-refractivity contribution is 5.50. The van der Waals surface area contributed by atoms with Crippen LogP contribution in [0.2, 0.25) is 0 Å². The molecular weight excluding hydrogens is 332 g/mol. The highest BCUT2D eigenvalue weighted by atomic mass is 16.5. The van der Waals surface area contributed by atoms with Gasteiger partial charge in [-0.25, -0.2) is 0 Å². The zero-order valence-corrected chi connectivity index (χ0v) is 15.1. The zero-order valence-electron chi connectivity index (χ0n) is 15.1. The summed E-state index contributed by atoms with van der Waals surface area (Å²) in [5.74, 6) is 2.97. The zero-order chi connectivity index (χ0) is 18.9. The highest BCUT2D eigenvalue weighted by Crippen LogP contribution is 2.64. The number of hydrogen-bond donors (Lipinski definition) is 4. The molecule has 0 spiro atoms. The van der Waals surface area contributed by atoms with E-state index in [0.717, 1.165) is 24.0 Å². The van der Waals surface area contributed by atoms with E-state index in [4.69, 9.17) is 11.2 Å². The van der Waals surface area contributed by atoms with E-state index in [0.29, 0.717) is 18.6 Å². The summed E-state index contributed by atoms with van der Waals surface area (Å²) in [6, 6.07) is 3.55. The Balaban J connectivity index is 1.80. The molecule has 2 fully saturated rings. The molecule has 0 radical (unpaired) electrons. The van der Waals surface area contributed by atoms with Gasteiger partial charge in [-0.2, -0.15) is 0 Å². The van der Waals surface area contributed by atoms with Crippen molar-refractivity contribution >= 4 is 0 Å². The van der Waals surface area contributed by atoms with E-state index in [2.05, 4.69) is 5.92 Å². The van der Waals surface area contributed by atoms with Crippen LogP contribution in [0, 0.1) is 29.6 Å². The van der Waals surface area contributed by atoms with Crippen molar-refractivity contribution in [3.05, 3.63) is 23.3 Å². The number of fused-ring (bicyclic) bond motifs is 5. The molecule has 2 saturated carbocycles. The van der Waals surface area contributed by atoms with Crippen LogP contribution >= 0.6 is 0 Å². The van der Waals surface area contributed by atoms with Crippen molar-refractivity contribution in [3.63, 3.8) is 0 Å². The minimum Gasteiger partial charge on any atom is -0.504 e. The van der Waals surface area contributed by atoms with Crippen LogP contribution in [-0.4, -0.2) is 45.3 Å². The van der Waals surface area contributed by atoms with Crippen LogP contribution in [0.1, 0.15) is 43.2 Å². The number of aryl methyl sites for hydroxylation is 1. The van der Waals surface area contributed by atoms with E-state index in [1.54, 1.807) is 6.07 Å². The van der Waals surface area contributed by atoms with Gasteiger partial charge in [0.1, 0.15) is 0 Å². The summed E-state index contributed by atoms with van der Waals surface area (Å²) in [7, 11) is 1.51. The monoisotopic (exact) mass is 358 g/mol. The van der Waals surface area contributed by atoms with Gasteiger partial charge in [-0.1, -0.05) is 12.8 Å². The van der Waals surface area contributed by atoms with Gasteiger partial charge in [0.25, 0.3) is 0 Å². The van der Waals surface area contributed by atoms with Crippen LogP contribution < -0.4 is 4.74 Å². The van der Waals surface area contributed by atoms with Gasteiger partial charge < -0.3 is 25.2 Å². The number of aliphatic hydroxyl groups excluding tert-OH is 2. The lowest BCUT2D eigenvalue weighted by molar-refractivity contribution is -0.128. The predicted octanol–water partition coefficient (Wildman–Crippen LogP) is 1.56. The lowest BCUT2D eigenvalue weighted by atomic mass is 9.52. The molecule has 1 aromatic carbocycles. The number of phenols is 1. The Morgan fingerprint density at radius 2 is 2.04 bits per heavy atom. The minimum absolute atomic E-state index is 0.0277. The second-order valence-corrected chi connectivity index (χ2v) is 8.41. The molecule has 0 heterocycles. The quantitative estimate of drug-likeness (QED) is 0.572. The van der Waals surface area contributed by atoms with E-state index in [1.807, 2.05) is 13.0 Å². The molecule has 7 unspecified atom stereocenters. The normalized spacial score (nSPS) is 43.8. The number of rotatable bonds is 1. The van der Waals surface area contributed by atoms with Crippen molar-refractivity contribution in [2.75, 3.05) is 7.11 Å². The third kappa shape index (κ3) is 2.04. The van der Waals surface area contributed by atoms with Crippen molar-refractivity contribution in [3.8, 4) is 23.8 Å². The minimum atomic E-state index is -1.61. The number of phenolic OH excluding ortho intramolecular Hbond substituents is 1. The molecule has 3 aliphatic rings. The van der Waals surface area contributed by atoms with Gasteiger partial charge in [-0.3, -0.25) is 0 Å². The van der Waals surface area contributed by atoms with Crippen LogP contribution in [0.3, 0.4) is 0 Å². The van der Waals surface area contributed by atoms with Crippen molar-refractivity contribution in [1.82, 2.24) is 0 Å². The van der Waals surface area contributed by atoms with Crippen molar-refractivity contribution in [1.29, 1.82) is 0 Å². The maximum absolute atomic E-state index is 11.0. The topological polar surface area (TPSA) is 90.2 Å². The van der Waals surface area contributed by atoms with Gasteiger partial charge >= 0.3 is 0 Å². The van der Waals surface area contributed by atoms with Gasteiger partial charge in [0.05, 0.1) is 19.3 Å². The lowest BCUT2D eigenvalue weighted by Crippen LogP contribution is -2.56. The second-order valence-electron chi connectivity index (χ2n) is 8.41. The van der Waals surface area contributed by atoms with Crippen LogP contribution in [0.4, 0.5) is 0 Å². The summed E-state index contributed by atoms with van der Waals surface area (Å²) in [6.07, 6.45) is 6.32. The molecule has 0 aliphatic heterocycles. The summed E-state index contributed by atoms with van der Waals surface area (Å²) >= 11 is 0. The van der Waals surface area contributed by atoms with Crippen LogP contribution in [0.25, 0.3) is 0 Å². The molecule has 5 nitrogen and oxygen atoms in total. The van der Waals surface area contributed by atoms with E-state index in [9.17, 15) is 20.4 Å². The Kier molecular flexibility index (Phi) is 3.82. The number of terminal acetylenes is 1. The van der Waals surface area contributed by atoms with Gasteiger partial charge in [-0.05, 0) is 60.8 Å². The molecule has 0 saturated heterocycles. The van der Waals surface area contributed by atoms with Crippen LogP contribution in [0.5, 0.6) is 11.5 Å². The molecule has 5 heteroatoms. The molecule has 0 bridgehead atoms. The first-order chi connectivity index (χ1) is 12.3. The molecule has 3 aliphatic carbocycles. The smallest absolute Gasteiger partial charge is 0.160 e. The molecule has 140 valence electrons. The number of aromatic hydroxyl groups is 1. The Hall–Kier alpha value is -1.74. The number of benzene rings is 1. The molecule has 26 heavy (non-hydrogen) atoms. The van der Waals surface area contributed by atoms with Gasteiger partial charge in [0, 0.05) is 11.3 Å². The molecule has 1 aromatic rings. The molecular formula is C21H26O5. The summed E-state index contributed by atoms with van der Waals surface area (Å²) in [5.41, 5.74) is -0.314. The summed E-state index contributed by atoms with van der Waals surface area (Å²) in [4.78, 5) is 0. The molecule has 4 rings (SSSR count). The fourth-order valence-electron chi connectivity index (χ4n) is 6.11. The number of aliphatic hydroxyl groups is 3. The van der Waals surface area contributed by atoms with Gasteiger partial charge in [0.15, 0.2) is 17.1 Å². The fraction of sp³-hybridized carbons (Fsp3) is 0.619. The second kappa shape index (κ2) is 5.63. The third-order valence-corrected chi connectivity index (χ3v) is 7.44. The first kappa shape index (κ1) is 17.7. The van der Waals surface area contributed by atoms with Crippen molar-refractivity contribution < 1.29 is 25.2 Å². The van der Waals surface area contributed by atoms with Crippen molar-refractivity contribution in [2.24, 2.45) is 17.3 Å². The highest BCUT2D eigenvalue weighted by Gasteiger charge is 2.67. The summed E-state index contributed by atoms with van der Waals surface area (Å²) in [5, 5.41) is 42.6. The molecule has 0 aromatic heterocycles. The fourth-order valence-corrected chi connectivity index (χ4v) is 6.11. The van der Waals surface area contributed by atoms with Gasteiger partial charge in [0.2, 0.25) is 0 Å². The lowest BCUT2D eigenvalue weighted by Gasteiger charge is -2.53. The van der Waals surface area contributed by atoms with E-state index in [-0.39, 0.29) is 23.5 Å². The first-order valence-electron chi connectivity index (χ1n) is 9.23. The number of ether oxygens (including phenoxy) is 1. The SMILES string of the molecule is C#CC1(O)C(O)CC2C3CCc4cc(O)c(OC)cc4C3C(O)CC21C. The largest absolute Gasteiger partial charge is 0.504 e. The van der Waals surface area contributed by atoms with Crippen molar-refractivity contribution in [2.45, 2.75) is 56.3 Å². The van der Waals surface area contributed by atoms with Crippen LogP contribution in [0.15, 0.2) is 12.1 Å². The maximum Gasteiger partial charge on any atom is 0.160 e. The number of methoxy groups -OCH3 is 1. The van der Waals surface area contributed by atoms with Gasteiger partial charge in [-0.15, -0.1) is 6.42 Å². The first-order valence-corrected chi connectivity index (χ1v) is 9.23. The summed E-state index contributed by atoms with van der Waals surface area (Å²) < 4.78 is 5.26. The molecule has 4 N–H and O–H groups in total. The average molecular weight is 358 g/mol. The Morgan fingerprint density at radius 3 is 2.69 bits per heavy atom. The predicted molar refractivity (Wildman–Crippen MR) is 95.8 cm³/mol. The summed E-state index contributed by atoms with van der Waals surface area (Å²) in [6.45, 7) is 1.90.